The van der Waals surface area contributed by atoms with Gasteiger partial charge in [-0.3, -0.25) is 0 Å². The van der Waals surface area contributed by atoms with Crippen molar-refractivity contribution in [1.29, 1.82) is 0 Å². The lowest BCUT2D eigenvalue weighted by atomic mass is 10.3. The van der Waals surface area contributed by atoms with Crippen molar-refractivity contribution >= 4 is 22.4 Å². The first-order valence-electron chi connectivity index (χ1n) is 4.90. The van der Waals surface area contributed by atoms with Gasteiger partial charge in [0.2, 0.25) is 0 Å². The summed E-state index contributed by atoms with van der Waals surface area (Å²) in [5.41, 5.74) is 3.00. The van der Waals surface area contributed by atoms with Crippen molar-refractivity contribution in [1.82, 2.24) is 15.0 Å². The first kappa shape index (κ1) is 10.3. The smallest absolute Gasteiger partial charge is 0.153 e. The van der Waals surface area contributed by atoms with E-state index in [9.17, 15) is 8.78 Å². The van der Waals surface area contributed by atoms with Gasteiger partial charge in [-0.1, -0.05) is 0 Å². The molecule has 0 fully saturated rings. The average Bonchev–Trinajstić information content (AvgIpc) is 2.83. The molecular weight excluding hydrogens is 244 g/mol. The third-order valence-corrected chi connectivity index (χ3v) is 3.40. The van der Waals surface area contributed by atoms with Gasteiger partial charge in [0, 0.05) is 6.07 Å². The molecule has 0 spiro atoms. The van der Waals surface area contributed by atoms with Crippen LogP contribution in [-0.2, 0) is 0 Å². The van der Waals surface area contributed by atoms with Crippen molar-refractivity contribution in [3.8, 4) is 10.7 Å². The molecule has 0 saturated carbocycles. The van der Waals surface area contributed by atoms with Crippen LogP contribution in [0.25, 0.3) is 21.7 Å². The van der Waals surface area contributed by atoms with Gasteiger partial charge < -0.3 is 4.98 Å². The van der Waals surface area contributed by atoms with Gasteiger partial charge in [-0.05, 0) is 13.0 Å². The lowest BCUT2D eigenvalue weighted by Crippen LogP contribution is -1.81. The van der Waals surface area contributed by atoms with Crippen LogP contribution in [0.4, 0.5) is 8.78 Å². The molecule has 2 heterocycles. The molecule has 0 amide bonds. The van der Waals surface area contributed by atoms with Gasteiger partial charge in [0.15, 0.2) is 11.6 Å². The number of nitrogens with zero attached hydrogens (tertiary/aromatic N) is 2. The Balaban J connectivity index is 2.27. The van der Waals surface area contributed by atoms with E-state index >= 15 is 0 Å². The Kier molecular flexibility index (Phi) is 2.19. The molecule has 2 aromatic heterocycles. The highest BCUT2D eigenvalue weighted by Crippen LogP contribution is 2.27. The molecule has 3 aromatic rings. The Morgan fingerprint density at radius 3 is 2.82 bits per heavy atom. The fraction of sp³-hybridized carbons (Fsp3) is 0.0909. The summed E-state index contributed by atoms with van der Waals surface area (Å²) in [5.74, 6) is -0.764. The van der Waals surface area contributed by atoms with E-state index < -0.39 is 11.6 Å². The van der Waals surface area contributed by atoms with Crippen molar-refractivity contribution in [2.75, 3.05) is 0 Å². The number of hydrogen-bond acceptors (Lipinski definition) is 3. The van der Waals surface area contributed by atoms with Crippen molar-refractivity contribution in [2.24, 2.45) is 0 Å². The summed E-state index contributed by atoms with van der Waals surface area (Å²) in [4.78, 5) is 12.0. The quantitative estimate of drug-likeness (QED) is 0.721. The molecule has 86 valence electrons. The number of aromatic nitrogens is 3. The number of fused-ring (bicyclic) bond motifs is 1. The van der Waals surface area contributed by atoms with Crippen LogP contribution >= 0.6 is 11.3 Å². The van der Waals surface area contributed by atoms with E-state index in [1.807, 2.05) is 6.92 Å². The molecular formula is C11H7F2N3S. The van der Waals surface area contributed by atoms with Crippen LogP contribution < -0.4 is 0 Å². The van der Waals surface area contributed by atoms with Crippen LogP contribution in [0.15, 0.2) is 17.6 Å². The minimum absolute atomic E-state index is 0.147. The van der Waals surface area contributed by atoms with Crippen LogP contribution in [0.2, 0.25) is 0 Å². The maximum Gasteiger partial charge on any atom is 0.153 e. The third kappa shape index (κ3) is 1.61. The second-order valence-corrected chi connectivity index (χ2v) is 4.49. The standard InChI is InChI=1S/C11H7F2N3S/c1-5-10(17-4-14-5)11-15-8-3-6(12)2-7(13)9(8)16-11/h2-4H,1H3,(H,15,16). The Bertz CT molecular complexity index is 702. The Morgan fingerprint density at radius 1 is 1.29 bits per heavy atom. The van der Waals surface area contributed by atoms with E-state index in [1.165, 1.54) is 17.4 Å². The first-order valence-corrected chi connectivity index (χ1v) is 5.78. The largest absolute Gasteiger partial charge is 0.337 e. The fourth-order valence-electron chi connectivity index (χ4n) is 1.68. The molecule has 1 N–H and O–H groups in total. The molecule has 0 aliphatic heterocycles. The lowest BCUT2D eigenvalue weighted by Gasteiger charge is -1.90. The second kappa shape index (κ2) is 3.59. The topological polar surface area (TPSA) is 41.6 Å². The Morgan fingerprint density at radius 2 is 2.12 bits per heavy atom. The lowest BCUT2D eigenvalue weighted by molar-refractivity contribution is 0.591. The number of thiazole rings is 1. The summed E-state index contributed by atoms with van der Waals surface area (Å²) in [6.07, 6.45) is 0. The van der Waals surface area contributed by atoms with Gasteiger partial charge in [-0.2, -0.15) is 0 Å². The zero-order valence-electron chi connectivity index (χ0n) is 8.79. The number of hydrogen-bond donors (Lipinski definition) is 1. The van der Waals surface area contributed by atoms with Crippen molar-refractivity contribution in [3.63, 3.8) is 0 Å². The number of aryl methyl sites for hydroxylation is 1. The molecule has 3 nitrogen and oxygen atoms in total. The Hall–Kier alpha value is -1.82. The van der Waals surface area contributed by atoms with Gasteiger partial charge in [-0.15, -0.1) is 11.3 Å². The van der Waals surface area contributed by atoms with Crippen LogP contribution in [0.5, 0.6) is 0 Å². The van der Waals surface area contributed by atoms with E-state index in [4.69, 9.17) is 0 Å². The number of benzene rings is 1. The highest BCUT2D eigenvalue weighted by Gasteiger charge is 2.13. The molecule has 6 heteroatoms. The Labute approximate surface area is 99.2 Å². The summed E-state index contributed by atoms with van der Waals surface area (Å²) in [6, 6.07) is 2.05. The number of nitrogens with one attached hydrogen (secondary N) is 1. The number of rotatable bonds is 1. The molecule has 0 aliphatic carbocycles. The molecule has 0 bridgehead atoms. The zero-order valence-corrected chi connectivity index (χ0v) is 9.61. The average molecular weight is 251 g/mol. The van der Waals surface area contributed by atoms with Crippen molar-refractivity contribution < 1.29 is 8.78 Å². The van der Waals surface area contributed by atoms with Crippen LogP contribution in [-0.4, -0.2) is 15.0 Å². The highest BCUT2D eigenvalue weighted by molar-refractivity contribution is 7.13. The monoisotopic (exact) mass is 251 g/mol. The van der Waals surface area contributed by atoms with Gasteiger partial charge in [0.25, 0.3) is 0 Å². The van der Waals surface area contributed by atoms with Gasteiger partial charge in [-0.25, -0.2) is 18.7 Å². The van der Waals surface area contributed by atoms with Gasteiger partial charge in [0.1, 0.15) is 11.3 Å². The molecule has 3 rings (SSSR count). The van der Waals surface area contributed by atoms with Gasteiger partial charge in [0.05, 0.1) is 21.6 Å². The SMILES string of the molecule is Cc1ncsc1-c1nc2c(F)cc(F)cc2[nH]1. The van der Waals surface area contributed by atoms with E-state index in [2.05, 4.69) is 15.0 Å². The van der Waals surface area contributed by atoms with E-state index in [-0.39, 0.29) is 5.52 Å². The second-order valence-electron chi connectivity index (χ2n) is 3.64. The van der Waals surface area contributed by atoms with Crippen LogP contribution in [0.3, 0.4) is 0 Å². The van der Waals surface area contributed by atoms with Crippen LogP contribution in [0.1, 0.15) is 5.69 Å². The number of halogens is 2. The summed E-state index contributed by atoms with van der Waals surface area (Å²) in [5, 5.41) is 0. The fourth-order valence-corrected chi connectivity index (χ4v) is 2.43. The van der Waals surface area contributed by atoms with E-state index in [1.54, 1.807) is 5.51 Å². The summed E-state index contributed by atoms with van der Waals surface area (Å²) in [7, 11) is 0. The molecule has 1 aromatic carbocycles. The first-order chi connectivity index (χ1) is 8.15. The summed E-state index contributed by atoms with van der Waals surface area (Å²) < 4.78 is 26.5. The number of H-pyrrole nitrogens is 1. The molecule has 0 unspecified atom stereocenters. The molecule has 0 saturated heterocycles. The minimum Gasteiger partial charge on any atom is -0.337 e. The predicted molar refractivity (Wildman–Crippen MR) is 61.9 cm³/mol. The predicted octanol–water partition coefficient (Wildman–Crippen LogP) is 3.27. The molecule has 0 aliphatic rings. The molecule has 0 radical (unpaired) electrons. The maximum atomic E-state index is 13.5. The number of imidazole rings is 1. The van der Waals surface area contributed by atoms with Crippen molar-refractivity contribution in [3.05, 3.63) is 35.0 Å². The zero-order chi connectivity index (χ0) is 12.0. The van der Waals surface area contributed by atoms with E-state index in [0.717, 1.165) is 16.6 Å². The molecule has 0 atom stereocenters. The minimum atomic E-state index is -0.662. The van der Waals surface area contributed by atoms with Crippen LogP contribution in [0, 0.1) is 18.6 Å². The normalized spacial score (nSPS) is 11.2. The highest BCUT2D eigenvalue weighted by atomic mass is 32.1. The molecule has 17 heavy (non-hydrogen) atoms. The van der Waals surface area contributed by atoms with Crippen molar-refractivity contribution in [2.45, 2.75) is 6.92 Å². The summed E-state index contributed by atoms with van der Waals surface area (Å²) in [6.45, 7) is 1.84. The summed E-state index contributed by atoms with van der Waals surface area (Å²) >= 11 is 1.41. The van der Waals surface area contributed by atoms with Gasteiger partial charge >= 0.3 is 0 Å². The maximum absolute atomic E-state index is 13.5. The van der Waals surface area contributed by atoms with E-state index in [0.29, 0.717) is 11.3 Å². The third-order valence-electron chi connectivity index (χ3n) is 2.47. The number of aromatic amines is 1.